The van der Waals surface area contributed by atoms with Crippen molar-refractivity contribution in [2.24, 2.45) is 0 Å². The summed E-state index contributed by atoms with van der Waals surface area (Å²) in [6, 6.07) is 71.4. The molecule has 66 heavy (non-hydrogen) atoms. The molecule has 0 atom stereocenters. The fraction of sp³-hybridized carbons (Fsp3) is 0.0339. The molecule has 2 aromatic heterocycles. The highest BCUT2D eigenvalue weighted by atomic mass is 32.1. The van der Waals surface area contributed by atoms with Crippen LogP contribution in [-0.2, 0) is 5.41 Å². The highest BCUT2D eigenvalue weighted by Crippen LogP contribution is 2.59. The van der Waals surface area contributed by atoms with Crippen LogP contribution in [0, 0.1) is 5.82 Å². The van der Waals surface area contributed by atoms with E-state index in [2.05, 4.69) is 157 Å². The summed E-state index contributed by atoms with van der Waals surface area (Å²) in [6.45, 7) is 0. The van der Waals surface area contributed by atoms with E-state index in [4.69, 9.17) is 19.7 Å². The summed E-state index contributed by atoms with van der Waals surface area (Å²) in [5, 5.41) is 9.57. The standard InChI is InChI=1S/C59H37FN4OS/c1-65-41-29-30-44-45(31-41)42-21-11-12-22-43(42)46-32-48-49-33-51-53(35-55(49)66-54(48)34-47(44)46)64(58-62-56(36-15-5-2-6-16-36)61-57(63-58)37-25-27-40(60)28-26-37)52-24-14-13-23-50(52)59(51,38-17-7-3-8-18-38)39-19-9-4-10-20-39/h2-35H,1H3. The molecule has 13 rings (SSSR count). The summed E-state index contributed by atoms with van der Waals surface area (Å²) in [6.07, 6.45) is 0. The van der Waals surface area contributed by atoms with Gasteiger partial charge in [0, 0.05) is 31.3 Å². The highest BCUT2D eigenvalue weighted by molar-refractivity contribution is 7.26. The number of hydrogen-bond donors (Lipinski definition) is 0. The van der Waals surface area contributed by atoms with Crippen molar-refractivity contribution in [3.8, 4) is 28.5 Å². The van der Waals surface area contributed by atoms with Gasteiger partial charge in [0.15, 0.2) is 11.6 Å². The Morgan fingerprint density at radius 2 is 0.985 bits per heavy atom. The van der Waals surface area contributed by atoms with E-state index >= 15 is 0 Å². The van der Waals surface area contributed by atoms with Crippen molar-refractivity contribution in [1.29, 1.82) is 0 Å². The molecule has 3 heterocycles. The van der Waals surface area contributed by atoms with E-state index in [1.54, 1.807) is 30.6 Å². The van der Waals surface area contributed by atoms with Gasteiger partial charge in [-0.2, -0.15) is 9.97 Å². The molecule has 12 aromatic rings. The second kappa shape index (κ2) is 14.9. The quantitative estimate of drug-likeness (QED) is 0.156. The van der Waals surface area contributed by atoms with Crippen molar-refractivity contribution in [2.45, 2.75) is 5.41 Å². The van der Waals surface area contributed by atoms with Gasteiger partial charge in [-0.25, -0.2) is 9.37 Å². The molecule has 5 nitrogen and oxygen atoms in total. The Labute approximate surface area is 383 Å². The number of methoxy groups -OCH3 is 1. The number of nitrogens with zero attached hydrogens (tertiary/aromatic N) is 4. The number of hydrogen-bond acceptors (Lipinski definition) is 6. The van der Waals surface area contributed by atoms with Crippen LogP contribution in [0.25, 0.3) is 75.3 Å². The summed E-state index contributed by atoms with van der Waals surface area (Å²) in [4.78, 5) is 17.8. The van der Waals surface area contributed by atoms with Gasteiger partial charge in [-0.15, -0.1) is 11.3 Å². The van der Waals surface area contributed by atoms with Crippen molar-refractivity contribution in [2.75, 3.05) is 12.0 Å². The molecule has 0 radical (unpaired) electrons. The second-order valence-electron chi connectivity index (χ2n) is 16.8. The van der Waals surface area contributed by atoms with Gasteiger partial charge in [-0.05, 0) is 121 Å². The molecule has 0 fully saturated rings. The van der Waals surface area contributed by atoms with Gasteiger partial charge < -0.3 is 4.74 Å². The number of para-hydroxylation sites is 1. The van der Waals surface area contributed by atoms with E-state index in [9.17, 15) is 4.39 Å². The van der Waals surface area contributed by atoms with Gasteiger partial charge in [0.2, 0.25) is 5.95 Å². The summed E-state index contributed by atoms with van der Waals surface area (Å²) < 4.78 is 22.5. The lowest BCUT2D eigenvalue weighted by molar-refractivity contribution is 0.415. The van der Waals surface area contributed by atoms with Crippen LogP contribution in [0.2, 0.25) is 0 Å². The van der Waals surface area contributed by atoms with E-state index in [1.807, 2.05) is 30.3 Å². The Balaban J connectivity index is 1.16. The van der Waals surface area contributed by atoms with Crippen LogP contribution in [0.15, 0.2) is 206 Å². The zero-order valence-electron chi connectivity index (χ0n) is 35.6. The maximum atomic E-state index is 14.4. The van der Waals surface area contributed by atoms with Crippen LogP contribution in [0.5, 0.6) is 5.75 Å². The zero-order valence-corrected chi connectivity index (χ0v) is 36.4. The molecule has 7 heteroatoms. The topological polar surface area (TPSA) is 51.1 Å². The lowest BCUT2D eigenvalue weighted by atomic mass is 9.62. The largest absolute Gasteiger partial charge is 0.497 e. The molecule has 0 unspecified atom stereocenters. The molecule has 0 saturated carbocycles. The van der Waals surface area contributed by atoms with Crippen molar-refractivity contribution >= 4 is 81.1 Å². The van der Waals surface area contributed by atoms with Crippen LogP contribution < -0.4 is 9.64 Å². The smallest absolute Gasteiger partial charge is 0.238 e. The molecular weight excluding hydrogens is 832 g/mol. The predicted molar refractivity (Wildman–Crippen MR) is 269 cm³/mol. The van der Waals surface area contributed by atoms with Crippen LogP contribution in [0.4, 0.5) is 21.7 Å². The van der Waals surface area contributed by atoms with E-state index in [0.29, 0.717) is 23.2 Å². The summed E-state index contributed by atoms with van der Waals surface area (Å²) in [7, 11) is 1.72. The first-order valence-corrected chi connectivity index (χ1v) is 22.8. The van der Waals surface area contributed by atoms with Gasteiger partial charge in [0.25, 0.3) is 0 Å². The summed E-state index contributed by atoms with van der Waals surface area (Å²) in [5.74, 6) is 1.95. The zero-order chi connectivity index (χ0) is 43.9. The summed E-state index contributed by atoms with van der Waals surface area (Å²) in [5.41, 5.74) is 7.20. The first kappa shape index (κ1) is 38.2. The second-order valence-corrected chi connectivity index (χ2v) is 17.9. The number of anilines is 3. The average molecular weight is 869 g/mol. The van der Waals surface area contributed by atoms with Crippen LogP contribution in [0.3, 0.4) is 0 Å². The molecule has 0 saturated heterocycles. The lowest BCUT2D eigenvalue weighted by Gasteiger charge is -2.45. The number of benzene rings is 10. The Hall–Kier alpha value is -8.26. The molecule has 312 valence electrons. The molecule has 0 spiro atoms. The Morgan fingerprint density at radius 3 is 1.67 bits per heavy atom. The summed E-state index contributed by atoms with van der Waals surface area (Å²) >= 11 is 1.80. The number of ether oxygens (including phenoxy) is 1. The van der Waals surface area contributed by atoms with Crippen LogP contribution >= 0.6 is 11.3 Å². The fourth-order valence-corrected chi connectivity index (χ4v) is 11.5. The monoisotopic (exact) mass is 868 g/mol. The minimum Gasteiger partial charge on any atom is -0.497 e. The van der Waals surface area contributed by atoms with Gasteiger partial charge in [-0.1, -0.05) is 140 Å². The van der Waals surface area contributed by atoms with E-state index < -0.39 is 5.41 Å². The van der Waals surface area contributed by atoms with Crippen molar-refractivity contribution < 1.29 is 9.13 Å². The lowest BCUT2D eigenvalue weighted by Crippen LogP contribution is -2.38. The van der Waals surface area contributed by atoms with Crippen molar-refractivity contribution in [3.05, 3.63) is 234 Å². The molecular formula is C59H37FN4OS. The SMILES string of the molecule is COc1ccc2c(c1)c1ccccc1c1cc3c(cc21)sc1cc2c(cc13)C(c1ccccc1)(c1ccccc1)c1ccccc1N2c1nc(-c2ccccc2)nc(-c2ccc(F)cc2)n1. The molecule has 0 aliphatic carbocycles. The third-order valence-corrected chi connectivity index (χ3v) is 14.4. The third-order valence-electron chi connectivity index (χ3n) is 13.3. The van der Waals surface area contributed by atoms with E-state index in [-0.39, 0.29) is 5.82 Å². The number of halogens is 1. The minimum absolute atomic E-state index is 0.324. The molecule has 1 aliphatic heterocycles. The van der Waals surface area contributed by atoms with E-state index in [0.717, 1.165) is 49.6 Å². The highest BCUT2D eigenvalue weighted by Gasteiger charge is 2.47. The van der Waals surface area contributed by atoms with Gasteiger partial charge in [0.1, 0.15) is 11.6 Å². The predicted octanol–water partition coefficient (Wildman–Crippen LogP) is 15.3. The number of rotatable bonds is 6. The van der Waals surface area contributed by atoms with Gasteiger partial charge in [0.05, 0.1) is 23.9 Å². The Bertz CT molecular complexity index is 3840. The number of thiophene rings is 1. The fourth-order valence-electron chi connectivity index (χ4n) is 10.4. The molecule has 0 N–H and O–H groups in total. The maximum absolute atomic E-state index is 14.4. The normalized spacial score (nSPS) is 13.1. The average Bonchev–Trinajstić information content (AvgIpc) is 3.73. The van der Waals surface area contributed by atoms with Gasteiger partial charge >= 0.3 is 0 Å². The Morgan fingerprint density at radius 1 is 0.439 bits per heavy atom. The van der Waals surface area contributed by atoms with Gasteiger partial charge in [-0.3, -0.25) is 4.90 Å². The molecule has 0 bridgehead atoms. The Kier molecular flexibility index (Phi) is 8.63. The maximum Gasteiger partial charge on any atom is 0.238 e. The van der Waals surface area contributed by atoms with Crippen molar-refractivity contribution in [3.63, 3.8) is 0 Å². The van der Waals surface area contributed by atoms with E-state index in [1.165, 1.54) is 59.9 Å². The van der Waals surface area contributed by atoms with Crippen LogP contribution in [-0.4, -0.2) is 22.1 Å². The molecule has 1 aliphatic rings. The first-order valence-electron chi connectivity index (χ1n) is 22.0. The van der Waals surface area contributed by atoms with Crippen molar-refractivity contribution in [1.82, 2.24) is 15.0 Å². The first-order chi connectivity index (χ1) is 32.6. The third kappa shape index (κ3) is 5.73. The molecule has 0 amide bonds. The number of fused-ring (bicyclic) bond motifs is 11. The minimum atomic E-state index is -0.749. The number of aromatic nitrogens is 3. The molecule has 10 aromatic carbocycles. The van der Waals surface area contributed by atoms with Crippen LogP contribution in [0.1, 0.15) is 22.3 Å².